The van der Waals surface area contributed by atoms with E-state index in [1.54, 1.807) is 6.20 Å². The molecule has 0 saturated carbocycles. The minimum atomic E-state index is -0.495. The molecule has 0 aliphatic carbocycles. The van der Waals surface area contributed by atoms with E-state index in [4.69, 9.17) is 10.4 Å². The maximum atomic E-state index is 8.81. The van der Waals surface area contributed by atoms with Crippen LogP contribution in [0.4, 0.5) is 0 Å². The molecule has 1 atom stereocenters. The van der Waals surface area contributed by atoms with Gasteiger partial charge in [-0.15, -0.1) is 0 Å². The van der Waals surface area contributed by atoms with E-state index in [-0.39, 0.29) is 6.61 Å². The highest BCUT2D eigenvalue weighted by Crippen LogP contribution is 2.11. The Balaban J connectivity index is 2.95. The molecule has 1 unspecified atom stereocenters. The monoisotopic (exact) mass is 162 g/mol. The lowest BCUT2D eigenvalue weighted by Crippen LogP contribution is -2.03. The molecule has 0 aliphatic heterocycles. The largest absolute Gasteiger partial charge is 0.395 e. The third kappa shape index (κ3) is 1.80. The Hall–Kier alpha value is -1.40. The fourth-order valence-electron chi connectivity index (χ4n) is 0.951. The summed E-state index contributed by atoms with van der Waals surface area (Å²) in [7, 11) is 0. The van der Waals surface area contributed by atoms with Gasteiger partial charge in [-0.2, -0.15) is 5.26 Å². The van der Waals surface area contributed by atoms with Gasteiger partial charge >= 0.3 is 0 Å². The number of rotatable bonds is 2. The molecule has 1 N–H and O–H groups in total. The van der Waals surface area contributed by atoms with Gasteiger partial charge in [0.2, 0.25) is 0 Å². The molecule has 1 rings (SSSR count). The summed E-state index contributed by atoms with van der Waals surface area (Å²) >= 11 is 0. The summed E-state index contributed by atoms with van der Waals surface area (Å²) in [5.74, 6) is -0.495. The number of aliphatic hydroxyl groups excluding tert-OH is 1. The van der Waals surface area contributed by atoms with Crippen LogP contribution in [0.1, 0.15) is 17.2 Å². The first-order valence-corrected chi connectivity index (χ1v) is 3.71. The molecule has 1 aromatic heterocycles. The van der Waals surface area contributed by atoms with Crippen molar-refractivity contribution in [2.75, 3.05) is 6.61 Å². The highest BCUT2D eigenvalue weighted by molar-refractivity contribution is 5.21. The SMILES string of the molecule is Cc1ccnc(C(C#N)CO)c1. The number of pyridine rings is 1. The Morgan fingerprint density at radius 1 is 1.75 bits per heavy atom. The highest BCUT2D eigenvalue weighted by atomic mass is 16.3. The van der Waals surface area contributed by atoms with Crippen LogP contribution in [0.5, 0.6) is 0 Å². The zero-order chi connectivity index (χ0) is 8.97. The molecule has 3 heteroatoms. The number of aryl methyl sites for hydroxylation is 1. The molecule has 1 aromatic rings. The number of nitrogens with zero attached hydrogens (tertiary/aromatic N) is 2. The van der Waals surface area contributed by atoms with E-state index in [1.165, 1.54) is 0 Å². The van der Waals surface area contributed by atoms with Gasteiger partial charge in [0.05, 0.1) is 18.4 Å². The lowest BCUT2D eigenvalue weighted by molar-refractivity contribution is 0.284. The molecule has 0 saturated heterocycles. The van der Waals surface area contributed by atoms with Crippen molar-refractivity contribution in [2.45, 2.75) is 12.8 Å². The molecular weight excluding hydrogens is 152 g/mol. The first-order valence-electron chi connectivity index (χ1n) is 3.71. The van der Waals surface area contributed by atoms with Crippen molar-refractivity contribution < 1.29 is 5.11 Å². The van der Waals surface area contributed by atoms with Gasteiger partial charge in [0.15, 0.2) is 0 Å². The van der Waals surface area contributed by atoms with Gasteiger partial charge in [-0.1, -0.05) is 0 Å². The van der Waals surface area contributed by atoms with Crippen molar-refractivity contribution in [3.8, 4) is 6.07 Å². The van der Waals surface area contributed by atoms with E-state index < -0.39 is 5.92 Å². The minimum Gasteiger partial charge on any atom is -0.395 e. The predicted molar refractivity (Wildman–Crippen MR) is 44.4 cm³/mol. The smallest absolute Gasteiger partial charge is 0.111 e. The average Bonchev–Trinajstić information content (AvgIpc) is 2.07. The van der Waals surface area contributed by atoms with Gasteiger partial charge < -0.3 is 5.11 Å². The van der Waals surface area contributed by atoms with Crippen molar-refractivity contribution in [2.24, 2.45) is 0 Å². The van der Waals surface area contributed by atoms with E-state index in [0.717, 1.165) is 5.56 Å². The summed E-state index contributed by atoms with van der Waals surface area (Å²) < 4.78 is 0. The zero-order valence-electron chi connectivity index (χ0n) is 6.86. The molecule has 12 heavy (non-hydrogen) atoms. The highest BCUT2D eigenvalue weighted by Gasteiger charge is 2.09. The molecule has 3 nitrogen and oxygen atoms in total. The Kier molecular flexibility index (Phi) is 2.78. The van der Waals surface area contributed by atoms with E-state index in [0.29, 0.717) is 5.69 Å². The molecule has 0 amide bonds. The van der Waals surface area contributed by atoms with Gasteiger partial charge in [0.25, 0.3) is 0 Å². The maximum Gasteiger partial charge on any atom is 0.111 e. The van der Waals surface area contributed by atoms with Crippen molar-refractivity contribution in [3.05, 3.63) is 29.6 Å². The van der Waals surface area contributed by atoms with Crippen molar-refractivity contribution in [3.63, 3.8) is 0 Å². The third-order valence-corrected chi connectivity index (χ3v) is 1.63. The second-order valence-corrected chi connectivity index (χ2v) is 2.62. The summed E-state index contributed by atoms with van der Waals surface area (Å²) in [6, 6.07) is 5.65. The first-order chi connectivity index (χ1) is 5.77. The number of hydrogen-bond acceptors (Lipinski definition) is 3. The van der Waals surface area contributed by atoms with Crippen molar-refractivity contribution >= 4 is 0 Å². The number of aromatic nitrogens is 1. The van der Waals surface area contributed by atoms with Crippen LogP contribution < -0.4 is 0 Å². The minimum absolute atomic E-state index is 0.174. The van der Waals surface area contributed by atoms with E-state index in [9.17, 15) is 0 Å². The summed E-state index contributed by atoms with van der Waals surface area (Å²) in [4.78, 5) is 4.00. The second kappa shape index (κ2) is 3.84. The normalized spacial score (nSPS) is 12.1. The van der Waals surface area contributed by atoms with Crippen molar-refractivity contribution in [1.82, 2.24) is 4.98 Å². The molecule has 0 fully saturated rings. The van der Waals surface area contributed by atoms with Crippen LogP contribution in [0.3, 0.4) is 0 Å². The summed E-state index contributed by atoms with van der Waals surface area (Å²) in [5.41, 5.74) is 1.69. The number of aliphatic hydroxyl groups is 1. The molecule has 62 valence electrons. The molecular formula is C9H10N2O. The van der Waals surface area contributed by atoms with Crippen LogP contribution in [0.25, 0.3) is 0 Å². The summed E-state index contributed by atoms with van der Waals surface area (Å²) in [5, 5.41) is 17.4. The molecule has 0 aliphatic rings. The van der Waals surface area contributed by atoms with E-state index in [2.05, 4.69) is 4.98 Å². The summed E-state index contributed by atoms with van der Waals surface area (Å²) in [6.07, 6.45) is 1.64. The molecule has 0 aromatic carbocycles. The molecule has 0 bridgehead atoms. The molecule has 1 heterocycles. The Morgan fingerprint density at radius 3 is 3.00 bits per heavy atom. The standard InChI is InChI=1S/C9H10N2O/c1-7-2-3-11-9(4-7)8(5-10)6-12/h2-4,8,12H,6H2,1H3. The number of nitriles is 1. The van der Waals surface area contributed by atoms with Crippen LogP contribution in [-0.2, 0) is 0 Å². The van der Waals surface area contributed by atoms with Crippen LogP contribution in [-0.4, -0.2) is 16.7 Å². The van der Waals surface area contributed by atoms with E-state index in [1.807, 2.05) is 25.1 Å². The van der Waals surface area contributed by atoms with Gasteiger partial charge in [-0.25, -0.2) is 0 Å². The first kappa shape index (κ1) is 8.69. The maximum absolute atomic E-state index is 8.81. The topological polar surface area (TPSA) is 56.9 Å². The summed E-state index contributed by atoms with van der Waals surface area (Å²) in [6.45, 7) is 1.75. The Labute approximate surface area is 71.3 Å². The predicted octanol–water partition coefficient (Wildman–Crippen LogP) is 0.990. The van der Waals surface area contributed by atoms with Crippen molar-refractivity contribution in [1.29, 1.82) is 5.26 Å². The Morgan fingerprint density at radius 2 is 2.50 bits per heavy atom. The molecule has 0 radical (unpaired) electrons. The Bertz CT molecular complexity index is 304. The van der Waals surface area contributed by atoms with Gasteiger partial charge in [-0.3, -0.25) is 4.98 Å². The second-order valence-electron chi connectivity index (χ2n) is 2.62. The molecule has 0 spiro atoms. The fourth-order valence-corrected chi connectivity index (χ4v) is 0.951. The average molecular weight is 162 g/mol. The van der Waals surface area contributed by atoms with Gasteiger partial charge in [0.1, 0.15) is 5.92 Å². The van der Waals surface area contributed by atoms with Crippen LogP contribution >= 0.6 is 0 Å². The van der Waals surface area contributed by atoms with Crippen LogP contribution in [0, 0.1) is 18.3 Å². The quantitative estimate of drug-likeness (QED) is 0.705. The third-order valence-electron chi connectivity index (χ3n) is 1.63. The fraction of sp³-hybridized carbons (Fsp3) is 0.333. The number of hydrogen-bond donors (Lipinski definition) is 1. The van der Waals surface area contributed by atoms with Crippen LogP contribution in [0.2, 0.25) is 0 Å². The zero-order valence-corrected chi connectivity index (χ0v) is 6.86. The van der Waals surface area contributed by atoms with E-state index >= 15 is 0 Å². The van der Waals surface area contributed by atoms with Gasteiger partial charge in [0, 0.05) is 6.20 Å². The van der Waals surface area contributed by atoms with Gasteiger partial charge in [-0.05, 0) is 24.6 Å². The lowest BCUT2D eigenvalue weighted by atomic mass is 10.1. The lowest BCUT2D eigenvalue weighted by Gasteiger charge is -2.04. The van der Waals surface area contributed by atoms with Crippen LogP contribution in [0.15, 0.2) is 18.3 Å².